The lowest BCUT2D eigenvalue weighted by atomic mass is 10.1. The molecule has 2 saturated heterocycles. The van der Waals surface area contributed by atoms with E-state index in [0.29, 0.717) is 15.7 Å². The fourth-order valence-electron chi connectivity index (χ4n) is 3.96. The minimum Gasteiger partial charge on any atom is -0.376 e. The zero-order chi connectivity index (χ0) is 22.3. The number of halogens is 2. The summed E-state index contributed by atoms with van der Waals surface area (Å²) in [4.78, 5) is 27.1. The molecule has 3 heterocycles. The number of hydrogen-bond donors (Lipinski definition) is 1. The number of aryl methyl sites for hydroxylation is 1. The van der Waals surface area contributed by atoms with Crippen LogP contribution in [-0.4, -0.2) is 34.2 Å². The summed E-state index contributed by atoms with van der Waals surface area (Å²) in [6.45, 7) is 5.51. The van der Waals surface area contributed by atoms with Crippen LogP contribution < -0.4 is 10.2 Å². The van der Waals surface area contributed by atoms with Crippen LogP contribution in [0.15, 0.2) is 29.8 Å². The molecule has 0 spiro atoms. The molecule has 2 aliphatic heterocycles. The Bertz CT molecular complexity index is 1100. The number of carbonyl (C=O) groups excluding carboxylic acids is 2. The molecule has 0 unspecified atom stereocenters. The van der Waals surface area contributed by atoms with E-state index in [-0.39, 0.29) is 16.8 Å². The summed E-state index contributed by atoms with van der Waals surface area (Å²) in [7, 11) is 0. The summed E-state index contributed by atoms with van der Waals surface area (Å²) < 4.78 is 7.92. The van der Waals surface area contributed by atoms with E-state index in [4.69, 9.17) is 40.2 Å². The summed E-state index contributed by atoms with van der Waals surface area (Å²) in [6, 6.07) is 6.66. The molecule has 9 heteroatoms. The number of aromatic nitrogens is 1. The Morgan fingerprint density at radius 1 is 1.19 bits per heavy atom. The number of hydrogen-bond acceptors (Lipinski definition) is 4. The van der Waals surface area contributed by atoms with E-state index in [0.717, 1.165) is 42.9 Å². The minimum atomic E-state index is -0.539. The van der Waals surface area contributed by atoms with Crippen molar-refractivity contribution in [1.29, 1.82) is 0 Å². The molecule has 1 N–H and O–H groups in total. The van der Waals surface area contributed by atoms with Crippen LogP contribution in [-0.2, 0) is 20.9 Å². The first kappa shape index (κ1) is 22.0. The van der Waals surface area contributed by atoms with Crippen molar-refractivity contribution in [3.63, 3.8) is 0 Å². The third kappa shape index (κ3) is 4.41. The Balaban J connectivity index is 1.69. The van der Waals surface area contributed by atoms with Crippen LogP contribution >= 0.6 is 35.4 Å². The number of benzene rings is 1. The molecule has 6 nitrogen and oxygen atoms in total. The zero-order valence-electron chi connectivity index (χ0n) is 17.1. The van der Waals surface area contributed by atoms with Gasteiger partial charge in [0, 0.05) is 34.6 Å². The second-order valence-corrected chi connectivity index (χ2v) is 8.92. The van der Waals surface area contributed by atoms with Crippen LogP contribution in [0, 0.1) is 13.8 Å². The van der Waals surface area contributed by atoms with Gasteiger partial charge in [-0.1, -0.05) is 23.2 Å². The fraction of sp³-hybridized carbons (Fsp3) is 0.318. The highest BCUT2D eigenvalue weighted by Gasteiger charge is 2.35. The van der Waals surface area contributed by atoms with Gasteiger partial charge in [-0.2, -0.15) is 0 Å². The standard InChI is InChI=1S/C22H21Cl2N3O3S/c1-12-6-14(13(2)26(12)11-18-4-3-5-30-18)7-19-20(28)25-22(31)27(21(19)29)17-9-15(23)8-16(24)10-17/h6-10,18H,3-5,11H2,1-2H3,(H,25,28,31)/b19-7-/t18-/m1/s1. The number of anilines is 1. The second-order valence-electron chi connectivity index (χ2n) is 7.66. The molecule has 0 bridgehead atoms. The largest absolute Gasteiger partial charge is 0.376 e. The number of ether oxygens (including phenoxy) is 1. The van der Waals surface area contributed by atoms with E-state index in [9.17, 15) is 9.59 Å². The molecular formula is C22H21Cl2N3O3S. The van der Waals surface area contributed by atoms with Gasteiger partial charge in [0.05, 0.1) is 11.8 Å². The SMILES string of the molecule is Cc1cc(/C=C2/C(=O)NC(=S)N(c3cc(Cl)cc(Cl)c3)C2=O)c(C)n1C[C@H]1CCCO1. The molecule has 2 aliphatic rings. The third-order valence-electron chi connectivity index (χ3n) is 5.53. The normalized spacial score (nSPS) is 20.6. The summed E-state index contributed by atoms with van der Waals surface area (Å²) in [5.41, 5.74) is 3.18. The van der Waals surface area contributed by atoms with E-state index < -0.39 is 11.8 Å². The molecule has 0 saturated carbocycles. The van der Waals surface area contributed by atoms with Gasteiger partial charge < -0.3 is 9.30 Å². The maximum Gasteiger partial charge on any atom is 0.270 e. The van der Waals surface area contributed by atoms with Crippen molar-refractivity contribution in [1.82, 2.24) is 9.88 Å². The Kier molecular flexibility index (Phi) is 6.21. The van der Waals surface area contributed by atoms with E-state index in [2.05, 4.69) is 9.88 Å². The molecule has 162 valence electrons. The number of rotatable bonds is 4. The van der Waals surface area contributed by atoms with Gasteiger partial charge in [-0.25, -0.2) is 0 Å². The lowest BCUT2D eigenvalue weighted by molar-refractivity contribution is -0.122. The maximum absolute atomic E-state index is 13.3. The molecular weight excluding hydrogens is 457 g/mol. The van der Waals surface area contributed by atoms with Crippen LogP contribution in [0.2, 0.25) is 10.0 Å². The van der Waals surface area contributed by atoms with Crippen molar-refractivity contribution in [2.75, 3.05) is 11.5 Å². The van der Waals surface area contributed by atoms with Crippen LogP contribution in [0.5, 0.6) is 0 Å². The van der Waals surface area contributed by atoms with Crippen molar-refractivity contribution in [3.8, 4) is 0 Å². The predicted molar refractivity (Wildman–Crippen MR) is 126 cm³/mol. The Morgan fingerprint density at radius 2 is 1.90 bits per heavy atom. The van der Waals surface area contributed by atoms with E-state index in [1.165, 1.54) is 4.90 Å². The van der Waals surface area contributed by atoms with Gasteiger partial charge in [-0.05, 0) is 74.8 Å². The predicted octanol–water partition coefficient (Wildman–Crippen LogP) is 4.42. The van der Waals surface area contributed by atoms with E-state index >= 15 is 0 Å². The average molecular weight is 478 g/mol. The maximum atomic E-state index is 13.3. The molecule has 0 radical (unpaired) electrons. The molecule has 1 aromatic carbocycles. The highest BCUT2D eigenvalue weighted by molar-refractivity contribution is 7.80. The Labute approximate surface area is 195 Å². The lowest BCUT2D eigenvalue weighted by Gasteiger charge is -2.29. The summed E-state index contributed by atoms with van der Waals surface area (Å²) in [5, 5.41) is 3.28. The molecule has 2 aromatic rings. The Morgan fingerprint density at radius 3 is 2.55 bits per heavy atom. The third-order valence-corrected chi connectivity index (χ3v) is 6.25. The van der Waals surface area contributed by atoms with Crippen molar-refractivity contribution in [3.05, 3.63) is 56.8 Å². The van der Waals surface area contributed by atoms with Crippen molar-refractivity contribution in [2.45, 2.75) is 39.3 Å². The lowest BCUT2D eigenvalue weighted by Crippen LogP contribution is -2.54. The van der Waals surface area contributed by atoms with Gasteiger partial charge in [0.2, 0.25) is 0 Å². The first-order valence-electron chi connectivity index (χ1n) is 9.90. The molecule has 2 fully saturated rings. The minimum absolute atomic E-state index is 0.0120. The van der Waals surface area contributed by atoms with Gasteiger partial charge >= 0.3 is 0 Å². The van der Waals surface area contributed by atoms with Crippen LogP contribution in [0.3, 0.4) is 0 Å². The number of carbonyl (C=O) groups is 2. The number of nitrogens with zero attached hydrogens (tertiary/aromatic N) is 2. The molecule has 31 heavy (non-hydrogen) atoms. The second kappa shape index (κ2) is 8.74. The smallest absolute Gasteiger partial charge is 0.270 e. The van der Waals surface area contributed by atoms with Gasteiger partial charge in [-0.15, -0.1) is 0 Å². The highest BCUT2D eigenvalue weighted by Crippen LogP contribution is 2.29. The monoisotopic (exact) mass is 477 g/mol. The Hall–Kier alpha value is -2.19. The molecule has 2 amide bonds. The first-order chi connectivity index (χ1) is 14.7. The van der Waals surface area contributed by atoms with Gasteiger partial charge in [0.15, 0.2) is 5.11 Å². The van der Waals surface area contributed by atoms with E-state index in [1.807, 2.05) is 19.9 Å². The van der Waals surface area contributed by atoms with Crippen LogP contribution in [0.1, 0.15) is 29.8 Å². The van der Waals surface area contributed by atoms with Crippen molar-refractivity contribution in [2.24, 2.45) is 0 Å². The van der Waals surface area contributed by atoms with Crippen molar-refractivity contribution < 1.29 is 14.3 Å². The topological polar surface area (TPSA) is 63.6 Å². The van der Waals surface area contributed by atoms with Gasteiger partial charge in [0.1, 0.15) is 5.57 Å². The average Bonchev–Trinajstić information content (AvgIpc) is 3.28. The number of thiocarbonyl (C=S) groups is 1. The molecule has 4 rings (SSSR count). The first-order valence-corrected chi connectivity index (χ1v) is 11.1. The van der Waals surface area contributed by atoms with Crippen LogP contribution in [0.25, 0.3) is 6.08 Å². The van der Waals surface area contributed by atoms with Gasteiger partial charge in [0.25, 0.3) is 11.8 Å². The fourth-order valence-corrected chi connectivity index (χ4v) is 4.76. The number of amides is 2. The molecule has 1 atom stereocenters. The summed E-state index contributed by atoms with van der Waals surface area (Å²) in [5.74, 6) is -1.07. The molecule has 1 aromatic heterocycles. The highest BCUT2D eigenvalue weighted by atomic mass is 35.5. The number of nitrogens with one attached hydrogen (secondary N) is 1. The quantitative estimate of drug-likeness (QED) is 0.402. The van der Waals surface area contributed by atoms with E-state index in [1.54, 1.807) is 24.3 Å². The summed E-state index contributed by atoms with van der Waals surface area (Å²) in [6.07, 6.45) is 3.89. The van der Waals surface area contributed by atoms with Crippen LogP contribution in [0.4, 0.5) is 5.69 Å². The summed E-state index contributed by atoms with van der Waals surface area (Å²) >= 11 is 17.4. The zero-order valence-corrected chi connectivity index (χ0v) is 19.4. The molecule has 0 aliphatic carbocycles. The van der Waals surface area contributed by atoms with Gasteiger partial charge in [-0.3, -0.25) is 19.8 Å². The van der Waals surface area contributed by atoms with Crippen molar-refractivity contribution >= 4 is 64.1 Å².